The standard InChI is InChI=1S/C28H34N2O5/c1-2-14-30(15-13-27(32)33)26(31)17-19-11-12-20(16-19)29-28(34)35-18-25-23-9-5-3-7-21(23)22-8-4-6-10-24(22)25/h3-10,19-20,25H,2,11-18H2,1H3,(H,29,34)(H,32,33)/t19-,20+/m0/s1. The summed E-state index contributed by atoms with van der Waals surface area (Å²) in [6, 6.07) is 16.5. The Hall–Kier alpha value is -3.35. The van der Waals surface area contributed by atoms with Crippen molar-refractivity contribution < 1.29 is 24.2 Å². The van der Waals surface area contributed by atoms with Gasteiger partial charge < -0.3 is 20.1 Å². The lowest BCUT2D eigenvalue weighted by molar-refractivity contribution is -0.138. The van der Waals surface area contributed by atoms with Crippen LogP contribution in [-0.2, 0) is 14.3 Å². The highest BCUT2D eigenvalue weighted by Crippen LogP contribution is 2.44. The lowest BCUT2D eigenvalue weighted by atomic mass is 9.98. The maximum Gasteiger partial charge on any atom is 0.407 e. The van der Waals surface area contributed by atoms with Crippen LogP contribution in [0, 0.1) is 5.92 Å². The molecule has 0 aromatic heterocycles. The third kappa shape index (κ3) is 6.02. The third-order valence-electron chi connectivity index (χ3n) is 7.11. The van der Waals surface area contributed by atoms with E-state index in [4.69, 9.17) is 9.84 Å². The second-order valence-electron chi connectivity index (χ2n) is 9.57. The maximum atomic E-state index is 12.7. The van der Waals surface area contributed by atoms with E-state index in [9.17, 15) is 14.4 Å². The van der Waals surface area contributed by atoms with E-state index in [0.29, 0.717) is 13.0 Å². The molecule has 7 nitrogen and oxygen atoms in total. The van der Waals surface area contributed by atoms with Gasteiger partial charge in [0.2, 0.25) is 5.91 Å². The van der Waals surface area contributed by atoms with Gasteiger partial charge in [0, 0.05) is 31.5 Å². The van der Waals surface area contributed by atoms with E-state index in [0.717, 1.165) is 25.7 Å². The van der Waals surface area contributed by atoms with Crippen LogP contribution in [0.3, 0.4) is 0 Å². The highest BCUT2D eigenvalue weighted by atomic mass is 16.5. The Balaban J connectivity index is 1.26. The van der Waals surface area contributed by atoms with Crippen LogP contribution in [-0.4, -0.2) is 53.7 Å². The number of fused-ring (bicyclic) bond motifs is 3. The Bertz CT molecular complexity index is 1020. The smallest absolute Gasteiger partial charge is 0.407 e. The number of hydrogen-bond donors (Lipinski definition) is 2. The van der Waals surface area contributed by atoms with Gasteiger partial charge in [-0.1, -0.05) is 55.5 Å². The van der Waals surface area contributed by atoms with Gasteiger partial charge in [0.05, 0.1) is 6.42 Å². The van der Waals surface area contributed by atoms with Gasteiger partial charge in [0.25, 0.3) is 0 Å². The van der Waals surface area contributed by atoms with Gasteiger partial charge in [-0.2, -0.15) is 0 Å². The summed E-state index contributed by atoms with van der Waals surface area (Å²) < 4.78 is 5.66. The molecule has 2 aromatic rings. The van der Waals surface area contributed by atoms with Crippen LogP contribution in [0.4, 0.5) is 4.79 Å². The Labute approximate surface area is 206 Å². The summed E-state index contributed by atoms with van der Waals surface area (Å²) >= 11 is 0. The van der Waals surface area contributed by atoms with Crippen LogP contribution in [0.5, 0.6) is 0 Å². The lowest BCUT2D eigenvalue weighted by Gasteiger charge is -2.23. The fourth-order valence-corrected chi connectivity index (χ4v) is 5.44. The molecule has 1 saturated carbocycles. The zero-order valence-electron chi connectivity index (χ0n) is 20.2. The van der Waals surface area contributed by atoms with Gasteiger partial charge in [-0.3, -0.25) is 9.59 Å². The predicted molar refractivity (Wildman–Crippen MR) is 133 cm³/mol. The SMILES string of the molecule is CCCN(CCC(=O)O)C(=O)C[C@H]1CC[C@@H](NC(=O)OCC2c3ccccc3-c3ccccc32)C1. The van der Waals surface area contributed by atoms with Crippen LogP contribution >= 0.6 is 0 Å². The lowest BCUT2D eigenvalue weighted by Crippen LogP contribution is -2.36. The molecule has 2 aromatic carbocycles. The second kappa shape index (κ2) is 11.4. The van der Waals surface area contributed by atoms with Crippen molar-refractivity contribution in [1.29, 1.82) is 0 Å². The summed E-state index contributed by atoms with van der Waals surface area (Å²) in [7, 11) is 0. The van der Waals surface area contributed by atoms with Gasteiger partial charge in [-0.25, -0.2) is 4.79 Å². The van der Waals surface area contributed by atoms with Crippen molar-refractivity contribution >= 4 is 18.0 Å². The Morgan fingerprint density at radius 3 is 2.29 bits per heavy atom. The first-order chi connectivity index (χ1) is 17.0. The number of benzene rings is 2. The summed E-state index contributed by atoms with van der Waals surface area (Å²) in [4.78, 5) is 37.8. The number of alkyl carbamates (subject to hydrolysis) is 1. The molecular formula is C28H34N2O5. The number of aliphatic carboxylic acids is 1. The van der Waals surface area contributed by atoms with E-state index >= 15 is 0 Å². The van der Waals surface area contributed by atoms with E-state index in [-0.39, 0.29) is 43.4 Å². The van der Waals surface area contributed by atoms with E-state index < -0.39 is 12.1 Å². The molecule has 2 aliphatic carbocycles. The van der Waals surface area contributed by atoms with Crippen LogP contribution in [0.2, 0.25) is 0 Å². The second-order valence-corrected chi connectivity index (χ2v) is 9.57. The molecule has 35 heavy (non-hydrogen) atoms. The third-order valence-corrected chi connectivity index (χ3v) is 7.11. The topological polar surface area (TPSA) is 95.9 Å². The number of carboxylic acid groups (broad SMARTS) is 1. The minimum Gasteiger partial charge on any atom is -0.481 e. The molecule has 1 fully saturated rings. The molecule has 0 aliphatic heterocycles. The Morgan fingerprint density at radius 1 is 1.00 bits per heavy atom. The molecule has 7 heteroatoms. The monoisotopic (exact) mass is 478 g/mol. The number of nitrogens with zero attached hydrogens (tertiary/aromatic N) is 1. The number of carbonyl (C=O) groups is 3. The molecule has 0 saturated heterocycles. The molecular weight excluding hydrogens is 444 g/mol. The van der Waals surface area contributed by atoms with Crippen LogP contribution < -0.4 is 5.32 Å². The average molecular weight is 479 g/mol. The van der Waals surface area contributed by atoms with E-state index in [1.807, 2.05) is 31.2 Å². The predicted octanol–water partition coefficient (Wildman–Crippen LogP) is 4.80. The normalized spacial score (nSPS) is 18.5. The molecule has 0 bridgehead atoms. The molecule has 2 N–H and O–H groups in total. The van der Waals surface area contributed by atoms with Gasteiger partial charge in [-0.15, -0.1) is 0 Å². The number of hydrogen-bond acceptors (Lipinski definition) is 4. The Morgan fingerprint density at radius 2 is 1.66 bits per heavy atom. The van der Waals surface area contributed by atoms with Crippen LogP contribution in [0.1, 0.15) is 62.5 Å². The van der Waals surface area contributed by atoms with Crippen LogP contribution in [0.15, 0.2) is 48.5 Å². The molecule has 2 amide bonds. The van der Waals surface area contributed by atoms with Crippen LogP contribution in [0.25, 0.3) is 11.1 Å². The highest BCUT2D eigenvalue weighted by Gasteiger charge is 2.31. The molecule has 2 atom stereocenters. The fraction of sp³-hybridized carbons (Fsp3) is 0.464. The van der Waals surface area contributed by atoms with E-state index in [2.05, 4.69) is 29.6 Å². The molecule has 2 aliphatic rings. The maximum absolute atomic E-state index is 12.7. The minimum atomic E-state index is -0.896. The van der Waals surface area contributed by atoms with Crippen molar-refractivity contribution in [3.05, 3.63) is 59.7 Å². The first-order valence-corrected chi connectivity index (χ1v) is 12.6. The number of carboxylic acids is 1. The van der Waals surface area contributed by atoms with E-state index in [1.165, 1.54) is 22.3 Å². The quantitative estimate of drug-likeness (QED) is 0.512. The zero-order chi connectivity index (χ0) is 24.8. The first kappa shape index (κ1) is 24.8. The number of carbonyl (C=O) groups excluding carboxylic acids is 2. The molecule has 0 radical (unpaired) electrons. The molecule has 186 valence electrons. The van der Waals surface area contributed by atoms with Crippen molar-refractivity contribution in [2.24, 2.45) is 5.92 Å². The summed E-state index contributed by atoms with van der Waals surface area (Å²) in [5.41, 5.74) is 4.75. The number of ether oxygens (including phenoxy) is 1. The van der Waals surface area contributed by atoms with E-state index in [1.54, 1.807) is 4.90 Å². The van der Waals surface area contributed by atoms with Gasteiger partial charge >= 0.3 is 12.1 Å². The minimum absolute atomic E-state index is 0.000101. The number of nitrogens with one attached hydrogen (secondary N) is 1. The van der Waals surface area contributed by atoms with Gasteiger partial charge in [-0.05, 0) is 53.9 Å². The first-order valence-electron chi connectivity index (χ1n) is 12.6. The molecule has 0 heterocycles. The summed E-state index contributed by atoms with van der Waals surface area (Å²) in [5, 5.41) is 11.9. The number of rotatable bonds is 10. The Kier molecular flexibility index (Phi) is 8.06. The highest BCUT2D eigenvalue weighted by molar-refractivity contribution is 5.79. The van der Waals surface area contributed by atoms with Gasteiger partial charge in [0.15, 0.2) is 0 Å². The largest absolute Gasteiger partial charge is 0.481 e. The molecule has 4 rings (SSSR count). The fourth-order valence-electron chi connectivity index (χ4n) is 5.44. The summed E-state index contributed by atoms with van der Waals surface area (Å²) in [6.07, 6.45) is 3.13. The van der Waals surface area contributed by atoms with Gasteiger partial charge in [0.1, 0.15) is 6.61 Å². The van der Waals surface area contributed by atoms with Crippen molar-refractivity contribution in [3.63, 3.8) is 0 Å². The van der Waals surface area contributed by atoms with Crippen molar-refractivity contribution in [1.82, 2.24) is 10.2 Å². The van der Waals surface area contributed by atoms with Crippen molar-refractivity contribution in [2.45, 2.75) is 57.4 Å². The zero-order valence-corrected chi connectivity index (χ0v) is 20.2. The number of amides is 2. The summed E-state index contributed by atoms with van der Waals surface area (Å²) in [5.74, 6) is -0.685. The average Bonchev–Trinajstić information content (AvgIpc) is 3.42. The molecule has 0 unspecified atom stereocenters. The molecule has 0 spiro atoms. The van der Waals surface area contributed by atoms with Crippen molar-refractivity contribution in [2.75, 3.05) is 19.7 Å². The summed E-state index contributed by atoms with van der Waals surface area (Å²) in [6.45, 7) is 3.07. The van der Waals surface area contributed by atoms with Crippen molar-refractivity contribution in [3.8, 4) is 11.1 Å².